The Morgan fingerprint density at radius 2 is 1.53 bits per heavy atom. The maximum absolute atomic E-state index is 6.00. The summed E-state index contributed by atoms with van der Waals surface area (Å²) in [5, 5.41) is 0. The van der Waals surface area contributed by atoms with E-state index in [1.165, 1.54) is 0 Å². The highest BCUT2D eigenvalue weighted by Gasteiger charge is 2.23. The van der Waals surface area contributed by atoms with Gasteiger partial charge in [-0.25, -0.2) is 0 Å². The summed E-state index contributed by atoms with van der Waals surface area (Å²) < 4.78 is 17.5. The number of hydrogen-bond donors (Lipinski definition) is 0. The molecule has 6 heteroatoms. The van der Waals surface area contributed by atoms with E-state index < -0.39 is 26.4 Å². The van der Waals surface area contributed by atoms with Crippen molar-refractivity contribution in [3.8, 4) is 0 Å². The Morgan fingerprint density at radius 3 is 1.95 bits per heavy atom. The molecule has 3 nitrogen and oxygen atoms in total. The normalized spacial score (nSPS) is 13.0. The Kier molecular flexibility index (Phi) is 8.44. The SMILES string of the molecule is CCC=CO[SiH2]CC=C(O[Si](C)(C)C)O[Si](C)(C)C. The quantitative estimate of drug-likeness (QED) is 0.366. The molecule has 0 unspecified atom stereocenters. The van der Waals surface area contributed by atoms with Crippen molar-refractivity contribution in [2.75, 3.05) is 0 Å². The van der Waals surface area contributed by atoms with Gasteiger partial charge in [0.05, 0.1) is 6.26 Å². The van der Waals surface area contributed by atoms with Gasteiger partial charge in [0.25, 0.3) is 0 Å². The predicted octanol–water partition coefficient (Wildman–Crippen LogP) is 3.97. The molecule has 0 aliphatic heterocycles. The summed E-state index contributed by atoms with van der Waals surface area (Å²) in [6.07, 6.45) is 6.95. The van der Waals surface area contributed by atoms with Gasteiger partial charge in [-0.2, -0.15) is 0 Å². The fourth-order valence-corrected chi connectivity index (χ4v) is 3.49. The predicted molar refractivity (Wildman–Crippen MR) is 90.8 cm³/mol. The van der Waals surface area contributed by atoms with E-state index in [0.29, 0.717) is 0 Å². The van der Waals surface area contributed by atoms with Crippen LogP contribution in [0.15, 0.2) is 24.4 Å². The average molecular weight is 319 g/mol. The summed E-state index contributed by atoms with van der Waals surface area (Å²) in [6, 6.07) is 0.943. The van der Waals surface area contributed by atoms with Gasteiger partial charge < -0.3 is 13.3 Å². The largest absolute Gasteiger partial charge is 0.555 e. The second-order valence-electron chi connectivity index (χ2n) is 6.39. The van der Waals surface area contributed by atoms with Crippen LogP contribution in [0.3, 0.4) is 0 Å². The van der Waals surface area contributed by atoms with Gasteiger partial charge in [-0.1, -0.05) is 13.0 Å². The van der Waals surface area contributed by atoms with E-state index in [4.69, 9.17) is 13.3 Å². The van der Waals surface area contributed by atoms with E-state index in [1.807, 2.05) is 12.3 Å². The van der Waals surface area contributed by atoms with Crippen LogP contribution in [0.2, 0.25) is 45.3 Å². The van der Waals surface area contributed by atoms with Crippen molar-refractivity contribution in [3.05, 3.63) is 24.4 Å². The summed E-state index contributed by atoms with van der Waals surface area (Å²) in [7, 11) is -3.77. The van der Waals surface area contributed by atoms with Gasteiger partial charge in [-0.05, 0) is 57.8 Å². The molecule has 0 N–H and O–H groups in total. The molecule has 0 rings (SSSR count). The molecular formula is C13H30O3Si3. The molecule has 112 valence electrons. The monoisotopic (exact) mass is 318 g/mol. The van der Waals surface area contributed by atoms with Gasteiger partial charge >= 0.3 is 0 Å². The molecule has 0 saturated heterocycles. The molecule has 0 spiro atoms. The van der Waals surface area contributed by atoms with E-state index in [2.05, 4.69) is 52.3 Å². The van der Waals surface area contributed by atoms with Crippen LogP contribution in [0, 0.1) is 0 Å². The summed E-state index contributed by atoms with van der Waals surface area (Å²) >= 11 is 0. The summed E-state index contributed by atoms with van der Waals surface area (Å²) in [5.41, 5.74) is 0. The minimum Gasteiger partial charge on any atom is -0.555 e. The highest BCUT2D eigenvalue weighted by Crippen LogP contribution is 2.17. The maximum Gasteiger partial charge on any atom is 0.246 e. The van der Waals surface area contributed by atoms with Crippen LogP contribution < -0.4 is 0 Å². The molecule has 0 bridgehead atoms. The van der Waals surface area contributed by atoms with E-state index >= 15 is 0 Å². The second kappa shape index (κ2) is 8.65. The third-order valence-electron chi connectivity index (χ3n) is 1.79. The zero-order chi connectivity index (χ0) is 14.9. The first-order chi connectivity index (χ1) is 8.64. The standard InChI is InChI=1S/C13H30O3Si3/c1-8-9-11-14-17-12-10-13(15-18(2,3)4)16-19(5,6)7/h9-11H,8,12,17H2,1-7H3. The Hall–Kier alpha value is -0.469. The Morgan fingerprint density at radius 1 is 1.00 bits per heavy atom. The fourth-order valence-electron chi connectivity index (χ4n) is 1.18. The van der Waals surface area contributed by atoms with Crippen molar-refractivity contribution in [1.82, 2.24) is 0 Å². The van der Waals surface area contributed by atoms with Crippen molar-refractivity contribution >= 4 is 26.4 Å². The van der Waals surface area contributed by atoms with Gasteiger partial charge in [-0.15, -0.1) is 0 Å². The van der Waals surface area contributed by atoms with Gasteiger partial charge in [-0.3, -0.25) is 0 Å². The van der Waals surface area contributed by atoms with E-state index in [9.17, 15) is 0 Å². The van der Waals surface area contributed by atoms with Crippen LogP contribution in [0.4, 0.5) is 0 Å². The van der Waals surface area contributed by atoms with Crippen LogP contribution >= 0.6 is 0 Å². The number of allylic oxidation sites excluding steroid dienone is 2. The highest BCUT2D eigenvalue weighted by molar-refractivity contribution is 6.71. The molecule has 0 aliphatic rings. The molecule has 0 aliphatic carbocycles. The topological polar surface area (TPSA) is 27.7 Å². The lowest BCUT2D eigenvalue weighted by molar-refractivity contribution is 0.215. The maximum atomic E-state index is 6.00. The smallest absolute Gasteiger partial charge is 0.246 e. The first-order valence-electron chi connectivity index (χ1n) is 6.99. The highest BCUT2D eigenvalue weighted by atomic mass is 28.4. The zero-order valence-corrected chi connectivity index (χ0v) is 17.0. The van der Waals surface area contributed by atoms with Crippen LogP contribution in [-0.2, 0) is 13.3 Å². The zero-order valence-electron chi connectivity index (χ0n) is 13.6. The minimum atomic E-state index is -1.61. The molecular weight excluding hydrogens is 288 g/mol. The van der Waals surface area contributed by atoms with Gasteiger partial charge in [0.2, 0.25) is 32.3 Å². The molecule has 19 heavy (non-hydrogen) atoms. The van der Waals surface area contributed by atoms with Crippen molar-refractivity contribution in [3.63, 3.8) is 0 Å². The minimum absolute atomic E-state index is 0.550. The lowest BCUT2D eigenvalue weighted by Gasteiger charge is -2.27. The van der Waals surface area contributed by atoms with Gasteiger partial charge in [0.1, 0.15) is 0 Å². The van der Waals surface area contributed by atoms with Crippen LogP contribution in [0.5, 0.6) is 0 Å². The second-order valence-corrected chi connectivity index (χ2v) is 16.6. The Labute approximate surface area is 123 Å². The molecule has 0 aromatic carbocycles. The average Bonchev–Trinajstić information content (AvgIpc) is 2.18. The van der Waals surface area contributed by atoms with Crippen LogP contribution in [-0.4, -0.2) is 26.4 Å². The molecule has 0 aromatic heterocycles. The van der Waals surface area contributed by atoms with E-state index in [-0.39, 0.29) is 0 Å². The van der Waals surface area contributed by atoms with Crippen LogP contribution in [0.1, 0.15) is 13.3 Å². The lowest BCUT2D eigenvalue weighted by atomic mass is 10.5. The first kappa shape index (κ1) is 18.5. The van der Waals surface area contributed by atoms with Crippen molar-refractivity contribution in [1.29, 1.82) is 0 Å². The molecule has 0 radical (unpaired) electrons. The Balaban J connectivity index is 4.35. The summed E-state index contributed by atoms with van der Waals surface area (Å²) in [5.74, 6) is 0.730. The molecule has 0 saturated carbocycles. The van der Waals surface area contributed by atoms with Crippen LogP contribution in [0.25, 0.3) is 0 Å². The van der Waals surface area contributed by atoms with E-state index in [0.717, 1.165) is 18.4 Å². The number of hydrogen-bond acceptors (Lipinski definition) is 3. The third-order valence-corrected chi connectivity index (χ3v) is 4.37. The van der Waals surface area contributed by atoms with E-state index in [1.54, 1.807) is 0 Å². The fraction of sp³-hybridized carbons (Fsp3) is 0.692. The Bertz CT molecular complexity index is 283. The molecule has 0 heterocycles. The van der Waals surface area contributed by atoms with Crippen molar-refractivity contribution in [2.24, 2.45) is 0 Å². The summed E-state index contributed by atoms with van der Waals surface area (Å²) in [6.45, 7) is 15.1. The molecule has 0 atom stereocenters. The molecule has 0 amide bonds. The van der Waals surface area contributed by atoms with Gasteiger partial charge in [0, 0.05) is 0 Å². The van der Waals surface area contributed by atoms with Crippen molar-refractivity contribution in [2.45, 2.75) is 58.7 Å². The van der Waals surface area contributed by atoms with Crippen molar-refractivity contribution < 1.29 is 13.3 Å². The van der Waals surface area contributed by atoms with Gasteiger partial charge in [0.15, 0.2) is 0 Å². The summed E-state index contributed by atoms with van der Waals surface area (Å²) in [4.78, 5) is 0. The molecule has 0 aromatic rings. The number of rotatable bonds is 9. The lowest BCUT2D eigenvalue weighted by Crippen LogP contribution is -2.31. The first-order valence-corrected chi connectivity index (χ1v) is 15.4. The third kappa shape index (κ3) is 13.8. The molecule has 0 fully saturated rings.